The predicted octanol–water partition coefficient (Wildman–Crippen LogP) is 12.9. The van der Waals surface area contributed by atoms with Gasteiger partial charge in [-0.2, -0.15) is 0 Å². The number of hydrogen-bond acceptors (Lipinski definition) is 5. The van der Waals surface area contributed by atoms with Crippen LogP contribution in [-0.4, -0.2) is 50.9 Å². The highest BCUT2D eigenvalue weighted by atomic mass is 31.2. The minimum atomic E-state index is -3.67. The maximum atomic E-state index is 12.1. The molecule has 6 nitrogen and oxygen atoms in total. The molecule has 0 saturated heterocycles. The predicted molar refractivity (Wildman–Crippen MR) is 198 cm³/mol. The Morgan fingerprint density at radius 3 is 0.935 bits per heavy atom. The molecule has 0 aliphatic carbocycles. The van der Waals surface area contributed by atoms with E-state index in [-0.39, 0.29) is 13.0 Å². The van der Waals surface area contributed by atoms with E-state index in [0.717, 1.165) is 39.1 Å². The van der Waals surface area contributed by atoms with Crippen LogP contribution in [-0.2, 0) is 23.3 Å². The smallest absolute Gasteiger partial charge is 0.353 e. The zero-order chi connectivity index (χ0) is 33.5. The summed E-state index contributed by atoms with van der Waals surface area (Å²) in [5, 5.41) is 0. The summed E-state index contributed by atoms with van der Waals surface area (Å²) < 4.78 is 34.2. The van der Waals surface area contributed by atoms with Crippen LogP contribution < -0.4 is 0 Å². The van der Waals surface area contributed by atoms with E-state index < -0.39 is 7.60 Å². The van der Waals surface area contributed by atoms with Crippen molar-refractivity contribution in [2.75, 3.05) is 46.0 Å². The summed E-state index contributed by atoms with van der Waals surface area (Å²) in [6.45, 7) is 8.51. The molecule has 278 valence electrons. The van der Waals surface area contributed by atoms with Crippen molar-refractivity contribution in [3.05, 3.63) is 0 Å². The number of unbranched alkanes of at least 4 members (excludes halogenated alkanes) is 26. The largest absolute Gasteiger partial charge is 0.381 e. The number of rotatable bonds is 41. The zero-order valence-corrected chi connectivity index (χ0v) is 32.0. The summed E-state index contributed by atoms with van der Waals surface area (Å²) in [6, 6.07) is 0. The van der Waals surface area contributed by atoms with Crippen LogP contribution in [0, 0.1) is 0 Å². The van der Waals surface area contributed by atoms with Crippen molar-refractivity contribution in [3.8, 4) is 0 Å². The van der Waals surface area contributed by atoms with E-state index in [1.807, 2.05) is 0 Å². The van der Waals surface area contributed by atoms with Crippen LogP contribution in [0.15, 0.2) is 0 Å². The van der Waals surface area contributed by atoms with Crippen molar-refractivity contribution in [1.29, 1.82) is 0 Å². The van der Waals surface area contributed by atoms with Crippen LogP contribution in [0.3, 0.4) is 0 Å². The summed E-state index contributed by atoms with van der Waals surface area (Å²) in [7, 11) is -3.67. The van der Waals surface area contributed by atoms with Crippen LogP contribution >= 0.6 is 7.60 Å². The molecule has 1 unspecified atom stereocenters. The van der Waals surface area contributed by atoms with Gasteiger partial charge in [0.1, 0.15) is 6.35 Å². The molecule has 0 radical (unpaired) electrons. The Labute approximate surface area is 287 Å². The minimum absolute atomic E-state index is 0.213. The molecule has 0 saturated carbocycles. The first-order valence-electron chi connectivity index (χ1n) is 20.3. The molecule has 0 aliphatic rings. The van der Waals surface area contributed by atoms with Crippen LogP contribution in [0.2, 0.25) is 0 Å². The molecule has 0 fully saturated rings. The van der Waals surface area contributed by atoms with Gasteiger partial charge in [-0.3, -0.25) is 4.57 Å². The molecular weight excluding hydrogens is 595 g/mol. The second-order valence-electron chi connectivity index (χ2n) is 13.6. The molecule has 0 aromatic heterocycles. The van der Waals surface area contributed by atoms with E-state index in [2.05, 4.69) is 13.8 Å². The lowest BCUT2D eigenvalue weighted by molar-refractivity contribution is 0.107. The molecule has 0 spiro atoms. The fourth-order valence-corrected chi connectivity index (χ4v) is 6.67. The third-order valence-corrected chi connectivity index (χ3v) is 9.94. The van der Waals surface area contributed by atoms with Crippen molar-refractivity contribution >= 4 is 7.60 Å². The fourth-order valence-electron chi connectivity index (χ4n) is 5.82. The standard InChI is InChI=1S/C39H81O6P/c1-3-5-7-9-11-12-13-14-15-16-18-21-26-30-35-43-37-32-38-45-46(40,41)39-44-36-31-27-23-20-17-19-22-25-29-34-42-33-28-24-10-8-6-4-2/h3-39H2,1-2H3,(H,40,41). The molecule has 1 atom stereocenters. The Kier molecular flexibility index (Phi) is 39.5. The quantitative estimate of drug-likeness (QED) is 0.0513. The topological polar surface area (TPSA) is 74.2 Å². The third-order valence-electron chi connectivity index (χ3n) is 8.84. The Bertz CT molecular complexity index is 605. The minimum Gasteiger partial charge on any atom is -0.381 e. The Balaban J connectivity index is 3.25. The average Bonchev–Trinajstić information content (AvgIpc) is 3.05. The van der Waals surface area contributed by atoms with Gasteiger partial charge in [0.05, 0.1) is 6.61 Å². The van der Waals surface area contributed by atoms with Gasteiger partial charge in [-0.1, -0.05) is 174 Å². The lowest BCUT2D eigenvalue weighted by Crippen LogP contribution is -2.05. The van der Waals surface area contributed by atoms with Crippen molar-refractivity contribution in [1.82, 2.24) is 0 Å². The second kappa shape index (κ2) is 39.5. The van der Waals surface area contributed by atoms with Gasteiger partial charge in [0.15, 0.2) is 0 Å². The number of ether oxygens (including phenoxy) is 3. The van der Waals surface area contributed by atoms with Gasteiger partial charge in [-0.15, -0.1) is 0 Å². The third kappa shape index (κ3) is 40.2. The van der Waals surface area contributed by atoms with Crippen LogP contribution in [0.5, 0.6) is 0 Å². The first-order valence-corrected chi connectivity index (χ1v) is 22.1. The lowest BCUT2D eigenvalue weighted by Gasteiger charge is -2.12. The van der Waals surface area contributed by atoms with Crippen LogP contribution in [0.1, 0.15) is 206 Å². The van der Waals surface area contributed by atoms with Crippen molar-refractivity contribution in [2.45, 2.75) is 206 Å². The Hall–Kier alpha value is 0.0300. The van der Waals surface area contributed by atoms with Gasteiger partial charge in [0.2, 0.25) is 0 Å². The molecule has 7 heteroatoms. The molecule has 0 amide bonds. The summed E-state index contributed by atoms with van der Waals surface area (Å²) in [5.41, 5.74) is 0. The maximum Gasteiger partial charge on any atom is 0.353 e. The van der Waals surface area contributed by atoms with Gasteiger partial charge >= 0.3 is 7.60 Å². The second-order valence-corrected chi connectivity index (χ2v) is 15.4. The summed E-state index contributed by atoms with van der Waals surface area (Å²) in [5.74, 6) is 0. The highest BCUT2D eigenvalue weighted by Gasteiger charge is 2.19. The van der Waals surface area contributed by atoms with E-state index in [1.165, 1.54) is 167 Å². The maximum absolute atomic E-state index is 12.1. The lowest BCUT2D eigenvalue weighted by atomic mass is 10.0. The molecule has 46 heavy (non-hydrogen) atoms. The average molecular weight is 677 g/mol. The van der Waals surface area contributed by atoms with E-state index >= 15 is 0 Å². The first kappa shape index (κ1) is 46.0. The Morgan fingerprint density at radius 1 is 0.348 bits per heavy atom. The highest BCUT2D eigenvalue weighted by molar-refractivity contribution is 7.52. The summed E-state index contributed by atoms with van der Waals surface area (Å²) >= 11 is 0. The van der Waals surface area contributed by atoms with Gasteiger partial charge < -0.3 is 23.6 Å². The molecule has 0 aromatic rings. The molecule has 0 aliphatic heterocycles. The zero-order valence-electron chi connectivity index (χ0n) is 31.1. The Morgan fingerprint density at radius 2 is 0.609 bits per heavy atom. The molecule has 0 rings (SSSR count). The van der Waals surface area contributed by atoms with Crippen LogP contribution in [0.4, 0.5) is 0 Å². The summed E-state index contributed by atoms with van der Waals surface area (Å²) in [6.07, 6.45) is 38.3. The van der Waals surface area contributed by atoms with Crippen LogP contribution in [0.25, 0.3) is 0 Å². The normalized spacial score (nSPS) is 13.0. The molecule has 1 N–H and O–H groups in total. The van der Waals surface area contributed by atoms with Crippen molar-refractivity contribution < 1.29 is 28.2 Å². The molecule has 0 heterocycles. The summed E-state index contributed by atoms with van der Waals surface area (Å²) in [4.78, 5) is 9.97. The fraction of sp³-hybridized carbons (Fsp3) is 1.00. The van der Waals surface area contributed by atoms with Gasteiger partial charge in [0, 0.05) is 33.0 Å². The first-order chi connectivity index (χ1) is 22.6. The van der Waals surface area contributed by atoms with E-state index in [9.17, 15) is 9.46 Å². The SMILES string of the molecule is CCCCCCCCCCCCCCCCOCCCOP(=O)(O)COCCCCCCCCCCCOCCCCCCCC. The van der Waals surface area contributed by atoms with E-state index in [0.29, 0.717) is 19.6 Å². The molecular formula is C39H81O6P. The monoisotopic (exact) mass is 677 g/mol. The highest BCUT2D eigenvalue weighted by Crippen LogP contribution is 2.41. The number of hydrogen-bond donors (Lipinski definition) is 1. The van der Waals surface area contributed by atoms with Gasteiger partial charge in [-0.05, 0) is 32.1 Å². The van der Waals surface area contributed by atoms with Gasteiger partial charge in [0.25, 0.3) is 0 Å². The molecule has 0 bridgehead atoms. The van der Waals surface area contributed by atoms with E-state index in [4.69, 9.17) is 18.7 Å². The van der Waals surface area contributed by atoms with Crippen molar-refractivity contribution in [2.24, 2.45) is 0 Å². The van der Waals surface area contributed by atoms with Crippen molar-refractivity contribution in [3.63, 3.8) is 0 Å². The van der Waals surface area contributed by atoms with E-state index in [1.54, 1.807) is 0 Å². The molecule has 0 aromatic carbocycles. The van der Waals surface area contributed by atoms with Gasteiger partial charge in [-0.25, -0.2) is 0 Å².